The van der Waals surface area contributed by atoms with Gasteiger partial charge in [0.25, 0.3) is 0 Å². The minimum Gasteiger partial charge on any atom is -0.458 e. The summed E-state index contributed by atoms with van der Waals surface area (Å²) in [7, 11) is 0. The first-order valence-electron chi connectivity index (χ1n) is 4.46. The van der Waals surface area contributed by atoms with Gasteiger partial charge in [-0.15, -0.1) is 0 Å². The van der Waals surface area contributed by atoms with Crippen molar-refractivity contribution in [2.45, 2.75) is 25.9 Å². The summed E-state index contributed by atoms with van der Waals surface area (Å²) < 4.78 is 10.0. The van der Waals surface area contributed by atoms with Crippen molar-refractivity contribution in [3.05, 3.63) is 0 Å². The van der Waals surface area contributed by atoms with Gasteiger partial charge in [0, 0.05) is 6.61 Å². The second kappa shape index (κ2) is 4.97. The zero-order chi connectivity index (χ0) is 9.68. The van der Waals surface area contributed by atoms with Crippen molar-refractivity contribution in [1.82, 2.24) is 0 Å². The van der Waals surface area contributed by atoms with E-state index in [1.807, 2.05) is 6.92 Å². The molecule has 1 rings (SSSR count). The molecule has 0 aliphatic carbocycles. The summed E-state index contributed by atoms with van der Waals surface area (Å²) in [6, 6.07) is 0. The van der Waals surface area contributed by atoms with Crippen LogP contribution < -0.4 is 0 Å². The first-order chi connectivity index (χ1) is 6.24. The number of esters is 1. The molecule has 1 saturated heterocycles. The largest absolute Gasteiger partial charge is 0.458 e. The molecule has 0 spiro atoms. The smallest absolute Gasteiger partial charge is 0.309 e. The van der Waals surface area contributed by atoms with E-state index in [0.717, 1.165) is 0 Å². The second-order valence-corrected chi connectivity index (χ2v) is 3.20. The molecule has 0 N–H and O–H groups in total. The van der Waals surface area contributed by atoms with E-state index < -0.39 is 0 Å². The van der Waals surface area contributed by atoms with Crippen LogP contribution >= 0.6 is 0 Å². The fraction of sp³-hybridized carbons (Fsp3) is 0.778. The third-order valence-corrected chi connectivity index (χ3v) is 2.11. The monoisotopic (exact) mass is 186 g/mol. The molecule has 0 bridgehead atoms. The predicted octanol–water partition coefficient (Wildman–Crippen LogP) is 0.544. The highest BCUT2D eigenvalue weighted by Gasteiger charge is 2.26. The Morgan fingerprint density at radius 2 is 2.46 bits per heavy atom. The molecule has 4 nitrogen and oxygen atoms in total. The Morgan fingerprint density at radius 1 is 1.69 bits per heavy atom. The Hall–Kier alpha value is -0.900. The third-order valence-electron chi connectivity index (χ3n) is 2.11. The predicted molar refractivity (Wildman–Crippen MR) is 45.2 cm³/mol. The molecule has 1 heterocycles. The molecule has 0 saturated carbocycles. The van der Waals surface area contributed by atoms with E-state index in [1.165, 1.54) is 0 Å². The number of rotatable bonds is 3. The SMILES string of the molecule is CC1CC(C(=O)OCC=O)CCO1. The van der Waals surface area contributed by atoms with E-state index in [0.29, 0.717) is 25.7 Å². The Bertz CT molecular complexity index is 190. The first-order valence-corrected chi connectivity index (χ1v) is 4.46. The molecule has 1 aliphatic rings. The zero-order valence-electron chi connectivity index (χ0n) is 7.69. The third kappa shape index (κ3) is 3.14. The summed E-state index contributed by atoms with van der Waals surface area (Å²) in [6.45, 7) is 2.39. The van der Waals surface area contributed by atoms with Gasteiger partial charge in [-0.05, 0) is 19.8 Å². The lowest BCUT2D eigenvalue weighted by molar-refractivity contribution is -0.154. The summed E-state index contributed by atoms with van der Waals surface area (Å²) in [4.78, 5) is 21.2. The Balaban J connectivity index is 2.32. The fourth-order valence-corrected chi connectivity index (χ4v) is 1.45. The molecule has 4 heteroatoms. The molecule has 1 fully saturated rings. The number of hydrogen-bond acceptors (Lipinski definition) is 4. The molecular weight excluding hydrogens is 172 g/mol. The molecule has 1 aliphatic heterocycles. The van der Waals surface area contributed by atoms with Crippen LogP contribution in [0.15, 0.2) is 0 Å². The number of ether oxygens (including phenoxy) is 2. The highest BCUT2D eigenvalue weighted by Crippen LogP contribution is 2.20. The number of aldehydes is 1. The topological polar surface area (TPSA) is 52.6 Å². The maximum atomic E-state index is 11.3. The molecule has 2 unspecified atom stereocenters. The van der Waals surface area contributed by atoms with Gasteiger partial charge in [0.15, 0.2) is 6.29 Å². The van der Waals surface area contributed by atoms with Crippen LogP contribution in [0, 0.1) is 5.92 Å². The van der Waals surface area contributed by atoms with Crippen LogP contribution in [0.5, 0.6) is 0 Å². The first kappa shape index (κ1) is 10.2. The van der Waals surface area contributed by atoms with E-state index in [4.69, 9.17) is 9.47 Å². The fourth-order valence-electron chi connectivity index (χ4n) is 1.45. The highest BCUT2D eigenvalue weighted by molar-refractivity contribution is 5.74. The molecule has 2 atom stereocenters. The van der Waals surface area contributed by atoms with Gasteiger partial charge in [0.1, 0.15) is 6.61 Å². The van der Waals surface area contributed by atoms with Crippen molar-refractivity contribution >= 4 is 12.3 Å². The van der Waals surface area contributed by atoms with Crippen LogP contribution in [0.1, 0.15) is 19.8 Å². The number of carbonyl (C=O) groups excluding carboxylic acids is 2. The van der Waals surface area contributed by atoms with Crippen molar-refractivity contribution in [3.63, 3.8) is 0 Å². The lowest BCUT2D eigenvalue weighted by atomic mass is 9.96. The summed E-state index contributed by atoms with van der Waals surface area (Å²) in [5.41, 5.74) is 0. The van der Waals surface area contributed by atoms with Crippen LogP contribution in [0.3, 0.4) is 0 Å². The van der Waals surface area contributed by atoms with Crippen molar-refractivity contribution in [2.75, 3.05) is 13.2 Å². The van der Waals surface area contributed by atoms with Crippen molar-refractivity contribution in [2.24, 2.45) is 5.92 Å². The Labute approximate surface area is 77.2 Å². The van der Waals surface area contributed by atoms with E-state index >= 15 is 0 Å². The van der Waals surface area contributed by atoms with Gasteiger partial charge in [0.2, 0.25) is 0 Å². The zero-order valence-corrected chi connectivity index (χ0v) is 7.69. The summed E-state index contributed by atoms with van der Waals surface area (Å²) >= 11 is 0. The quantitative estimate of drug-likeness (QED) is 0.477. The van der Waals surface area contributed by atoms with Crippen LogP contribution in [0.2, 0.25) is 0 Å². The maximum Gasteiger partial charge on any atom is 0.309 e. The molecule has 0 aromatic carbocycles. The molecule has 0 amide bonds. The van der Waals surface area contributed by atoms with Crippen LogP contribution in [-0.2, 0) is 19.1 Å². The van der Waals surface area contributed by atoms with Gasteiger partial charge in [-0.25, -0.2) is 0 Å². The van der Waals surface area contributed by atoms with Crippen LogP contribution in [-0.4, -0.2) is 31.6 Å². The average molecular weight is 186 g/mol. The van der Waals surface area contributed by atoms with Gasteiger partial charge in [-0.2, -0.15) is 0 Å². The van der Waals surface area contributed by atoms with E-state index in [-0.39, 0.29) is 24.6 Å². The Kier molecular flexibility index (Phi) is 3.89. The van der Waals surface area contributed by atoms with Crippen molar-refractivity contribution in [1.29, 1.82) is 0 Å². The van der Waals surface area contributed by atoms with Crippen LogP contribution in [0.4, 0.5) is 0 Å². The van der Waals surface area contributed by atoms with Crippen LogP contribution in [0.25, 0.3) is 0 Å². The molecule has 74 valence electrons. The van der Waals surface area contributed by atoms with Gasteiger partial charge in [0.05, 0.1) is 12.0 Å². The summed E-state index contributed by atoms with van der Waals surface area (Å²) in [6.07, 6.45) is 2.09. The van der Waals surface area contributed by atoms with Gasteiger partial charge in [-0.1, -0.05) is 0 Å². The number of carbonyl (C=O) groups is 2. The van der Waals surface area contributed by atoms with E-state index in [9.17, 15) is 9.59 Å². The van der Waals surface area contributed by atoms with Gasteiger partial charge in [-0.3, -0.25) is 9.59 Å². The minimum absolute atomic E-state index is 0.0938. The molecule has 0 aromatic heterocycles. The Morgan fingerprint density at radius 3 is 3.08 bits per heavy atom. The molecule has 0 aromatic rings. The van der Waals surface area contributed by atoms with E-state index in [1.54, 1.807) is 0 Å². The van der Waals surface area contributed by atoms with Gasteiger partial charge >= 0.3 is 5.97 Å². The lowest BCUT2D eigenvalue weighted by Gasteiger charge is -2.25. The molecular formula is C9H14O4. The molecule has 13 heavy (non-hydrogen) atoms. The van der Waals surface area contributed by atoms with E-state index in [2.05, 4.69) is 0 Å². The lowest BCUT2D eigenvalue weighted by Crippen LogP contribution is -2.30. The van der Waals surface area contributed by atoms with Gasteiger partial charge < -0.3 is 9.47 Å². The summed E-state index contributed by atoms with van der Waals surface area (Å²) in [5.74, 6) is -0.369. The molecule has 0 radical (unpaired) electrons. The highest BCUT2D eigenvalue weighted by atomic mass is 16.5. The minimum atomic E-state index is -0.276. The average Bonchev–Trinajstić information content (AvgIpc) is 2.14. The summed E-state index contributed by atoms with van der Waals surface area (Å²) in [5, 5.41) is 0. The second-order valence-electron chi connectivity index (χ2n) is 3.20. The van der Waals surface area contributed by atoms with Crippen molar-refractivity contribution in [3.8, 4) is 0 Å². The standard InChI is InChI=1S/C9H14O4/c1-7-6-8(2-4-12-7)9(11)13-5-3-10/h3,7-8H,2,4-6H2,1H3. The number of hydrogen-bond donors (Lipinski definition) is 0. The maximum absolute atomic E-state index is 11.3. The normalized spacial score (nSPS) is 28.1. The van der Waals surface area contributed by atoms with Crippen molar-refractivity contribution < 1.29 is 19.1 Å².